The average molecular weight is 355 g/mol. The van der Waals surface area contributed by atoms with Crippen LogP contribution in [-0.4, -0.2) is 22.3 Å². The van der Waals surface area contributed by atoms with Crippen molar-refractivity contribution < 1.29 is 9.53 Å². The number of nitriles is 1. The highest BCUT2D eigenvalue weighted by atomic mass is 16.5. The van der Waals surface area contributed by atoms with Gasteiger partial charge in [0, 0.05) is 24.7 Å². The summed E-state index contributed by atoms with van der Waals surface area (Å²) in [5.41, 5.74) is 3.36. The lowest BCUT2D eigenvalue weighted by Gasteiger charge is -2.29. The van der Waals surface area contributed by atoms with Gasteiger partial charge in [0.1, 0.15) is 17.5 Å². The van der Waals surface area contributed by atoms with E-state index in [0.717, 1.165) is 6.42 Å². The van der Waals surface area contributed by atoms with Crippen LogP contribution < -0.4 is 4.74 Å². The van der Waals surface area contributed by atoms with Crippen LogP contribution in [0.5, 0.6) is 11.6 Å². The van der Waals surface area contributed by atoms with Gasteiger partial charge in [-0.25, -0.2) is 4.98 Å². The van der Waals surface area contributed by atoms with Crippen molar-refractivity contribution in [1.82, 2.24) is 9.88 Å². The van der Waals surface area contributed by atoms with Gasteiger partial charge < -0.3 is 9.64 Å². The second-order valence-electron chi connectivity index (χ2n) is 6.35. The standard InChI is InChI=1S/C22H17N3O2/c23-14-19-8-4-10-21(24-19)27-20-9-3-7-17(13-20)22(26)25-12-11-16-5-1-2-6-18(16)15-25/h1-10,13H,11-12,15H2. The molecule has 5 heteroatoms. The van der Waals surface area contributed by atoms with Gasteiger partial charge in [-0.15, -0.1) is 0 Å². The molecular formula is C22H17N3O2. The summed E-state index contributed by atoms with van der Waals surface area (Å²) in [5, 5.41) is 8.94. The number of hydrogen-bond acceptors (Lipinski definition) is 4. The Morgan fingerprint density at radius 1 is 1.04 bits per heavy atom. The van der Waals surface area contributed by atoms with Gasteiger partial charge in [-0.3, -0.25) is 4.79 Å². The average Bonchev–Trinajstić information content (AvgIpc) is 2.73. The first-order valence-electron chi connectivity index (χ1n) is 8.74. The Labute approximate surface area is 157 Å². The summed E-state index contributed by atoms with van der Waals surface area (Å²) in [7, 11) is 0. The van der Waals surface area contributed by atoms with E-state index in [9.17, 15) is 4.79 Å². The van der Waals surface area contributed by atoms with Crippen molar-refractivity contribution in [3.05, 3.63) is 89.1 Å². The lowest BCUT2D eigenvalue weighted by atomic mass is 9.99. The smallest absolute Gasteiger partial charge is 0.254 e. The number of rotatable bonds is 3. The van der Waals surface area contributed by atoms with E-state index in [-0.39, 0.29) is 11.6 Å². The Morgan fingerprint density at radius 2 is 1.85 bits per heavy atom. The SMILES string of the molecule is N#Cc1cccc(Oc2cccc(C(=O)N3CCc4ccccc4C3)c2)n1. The Balaban J connectivity index is 1.52. The quantitative estimate of drug-likeness (QED) is 0.714. The zero-order chi connectivity index (χ0) is 18.6. The van der Waals surface area contributed by atoms with E-state index in [1.807, 2.05) is 23.1 Å². The molecule has 0 N–H and O–H groups in total. The first-order chi connectivity index (χ1) is 13.2. The van der Waals surface area contributed by atoms with Crippen molar-refractivity contribution in [2.24, 2.45) is 0 Å². The number of ether oxygens (including phenoxy) is 1. The van der Waals surface area contributed by atoms with Crippen molar-refractivity contribution in [2.75, 3.05) is 6.54 Å². The molecule has 0 atom stereocenters. The van der Waals surface area contributed by atoms with Crippen molar-refractivity contribution >= 4 is 5.91 Å². The molecule has 0 bridgehead atoms. The predicted octanol–water partition coefficient (Wildman–Crippen LogP) is 3.94. The maximum Gasteiger partial charge on any atom is 0.254 e. The van der Waals surface area contributed by atoms with Crippen LogP contribution in [0.3, 0.4) is 0 Å². The molecule has 1 aliphatic rings. The van der Waals surface area contributed by atoms with Crippen molar-refractivity contribution in [3.63, 3.8) is 0 Å². The largest absolute Gasteiger partial charge is 0.439 e. The molecule has 0 unspecified atom stereocenters. The molecule has 1 aliphatic heterocycles. The van der Waals surface area contributed by atoms with Gasteiger partial charge in [0.15, 0.2) is 0 Å². The van der Waals surface area contributed by atoms with Gasteiger partial charge in [0.2, 0.25) is 5.88 Å². The minimum atomic E-state index is -0.0197. The highest BCUT2D eigenvalue weighted by molar-refractivity contribution is 5.94. The van der Waals surface area contributed by atoms with Crippen LogP contribution in [0.25, 0.3) is 0 Å². The molecule has 4 rings (SSSR count). The minimum Gasteiger partial charge on any atom is -0.439 e. The number of hydrogen-bond donors (Lipinski definition) is 0. The lowest BCUT2D eigenvalue weighted by molar-refractivity contribution is 0.0734. The Hall–Kier alpha value is -3.65. The Kier molecular flexibility index (Phi) is 4.54. The summed E-state index contributed by atoms with van der Waals surface area (Å²) >= 11 is 0. The first-order valence-corrected chi connectivity index (χ1v) is 8.74. The molecule has 2 aromatic carbocycles. The van der Waals surface area contributed by atoms with Gasteiger partial charge in [0.05, 0.1) is 0 Å². The fraction of sp³-hybridized carbons (Fsp3) is 0.136. The summed E-state index contributed by atoms with van der Waals surface area (Å²) in [6.07, 6.45) is 0.864. The third kappa shape index (κ3) is 3.65. The zero-order valence-electron chi connectivity index (χ0n) is 14.6. The van der Waals surface area contributed by atoms with Crippen molar-refractivity contribution in [2.45, 2.75) is 13.0 Å². The molecular weight excluding hydrogens is 338 g/mol. The molecule has 1 aromatic heterocycles. The molecule has 0 saturated heterocycles. The zero-order valence-corrected chi connectivity index (χ0v) is 14.6. The molecule has 0 radical (unpaired) electrons. The van der Waals surface area contributed by atoms with Crippen LogP contribution in [0.4, 0.5) is 0 Å². The molecule has 0 aliphatic carbocycles. The summed E-state index contributed by atoms with van der Waals surface area (Å²) in [5.74, 6) is 0.820. The van der Waals surface area contributed by atoms with Gasteiger partial charge >= 0.3 is 0 Å². The van der Waals surface area contributed by atoms with E-state index in [1.54, 1.807) is 42.5 Å². The number of amides is 1. The molecule has 0 spiro atoms. The lowest BCUT2D eigenvalue weighted by Crippen LogP contribution is -2.35. The third-order valence-corrected chi connectivity index (χ3v) is 4.56. The molecule has 27 heavy (non-hydrogen) atoms. The fourth-order valence-electron chi connectivity index (χ4n) is 3.20. The van der Waals surface area contributed by atoms with Gasteiger partial charge in [-0.1, -0.05) is 36.4 Å². The number of aromatic nitrogens is 1. The number of carbonyl (C=O) groups excluding carboxylic acids is 1. The number of carbonyl (C=O) groups is 1. The van der Waals surface area contributed by atoms with Crippen LogP contribution in [-0.2, 0) is 13.0 Å². The van der Waals surface area contributed by atoms with Crippen LogP contribution in [0.15, 0.2) is 66.7 Å². The van der Waals surface area contributed by atoms with E-state index in [0.29, 0.717) is 30.3 Å². The minimum absolute atomic E-state index is 0.0197. The second-order valence-corrected chi connectivity index (χ2v) is 6.35. The number of pyridine rings is 1. The highest BCUT2D eigenvalue weighted by Gasteiger charge is 2.21. The first kappa shape index (κ1) is 16.8. The van der Waals surface area contributed by atoms with Gasteiger partial charge in [-0.2, -0.15) is 5.26 Å². The number of fused-ring (bicyclic) bond motifs is 1. The molecule has 5 nitrogen and oxygen atoms in total. The van der Waals surface area contributed by atoms with Gasteiger partial charge in [-0.05, 0) is 41.8 Å². The van der Waals surface area contributed by atoms with Crippen LogP contribution in [0, 0.1) is 11.3 Å². The molecule has 2 heterocycles. The molecule has 0 fully saturated rings. The Morgan fingerprint density at radius 3 is 2.70 bits per heavy atom. The van der Waals surface area contributed by atoms with E-state index >= 15 is 0 Å². The molecule has 1 amide bonds. The van der Waals surface area contributed by atoms with E-state index in [1.165, 1.54) is 11.1 Å². The van der Waals surface area contributed by atoms with Crippen LogP contribution >= 0.6 is 0 Å². The molecule has 3 aromatic rings. The summed E-state index contributed by atoms with van der Waals surface area (Å²) in [4.78, 5) is 18.9. The molecule has 132 valence electrons. The summed E-state index contributed by atoms with van der Waals surface area (Å²) in [6.45, 7) is 1.32. The van der Waals surface area contributed by atoms with E-state index < -0.39 is 0 Å². The van der Waals surface area contributed by atoms with Gasteiger partial charge in [0.25, 0.3) is 5.91 Å². The van der Waals surface area contributed by atoms with Crippen molar-refractivity contribution in [3.8, 4) is 17.7 Å². The van der Waals surface area contributed by atoms with Crippen LogP contribution in [0.2, 0.25) is 0 Å². The van der Waals surface area contributed by atoms with Crippen molar-refractivity contribution in [1.29, 1.82) is 5.26 Å². The van der Waals surface area contributed by atoms with E-state index in [4.69, 9.17) is 10.00 Å². The number of nitrogens with zero attached hydrogens (tertiary/aromatic N) is 3. The number of benzene rings is 2. The highest BCUT2D eigenvalue weighted by Crippen LogP contribution is 2.24. The second kappa shape index (κ2) is 7.30. The Bertz CT molecular complexity index is 1040. The van der Waals surface area contributed by atoms with E-state index in [2.05, 4.69) is 17.1 Å². The maximum absolute atomic E-state index is 12.9. The fourth-order valence-corrected chi connectivity index (χ4v) is 3.20. The monoisotopic (exact) mass is 355 g/mol. The normalized spacial score (nSPS) is 12.8. The molecule has 0 saturated carbocycles. The summed E-state index contributed by atoms with van der Waals surface area (Å²) < 4.78 is 5.72. The topological polar surface area (TPSA) is 66.2 Å². The maximum atomic E-state index is 12.9. The predicted molar refractivity (Wildman–Crippen MR) is 100 cm³/mol. The third-order valence-electron chi connectivity index (χ3n) is 4.56. The summed E-state index contributed by atoms with van der Waals surface area (Å²) in [6, 6.07) is 22.3. The van der Waals surface area contributed by atoms with Crippen LogP contribution in [0.1, 0.15) is 27.2 Å².